The number of hydrogen-bond acceptors (Lipinski definition) is 6. The zero-order valence-electron chi connectivity index (χ0n) is 18.2. The number of anilines is 1. The Labute approximate surface area is 196 Å². The summed E-state index contributed by atoms with van der Waals surface area (Å²) in [6, 6.07) is 7.25. The van der Waals surface area contributed by atoms with Gasteiger partial charge in [-0.25, -0.2) is 9.37 Å². The molecule has 1 aliphatic heterocycles. The number of nitrogens with one attached hydrogen (secondary N) is 2. The number of amidine groups is 1. The van der Waals surface area contributed by atoms with Crippen LogP contribution in [0.4, 0.5) is 10.2 Å². The van der Waals surface area contributed by atoms with Crippen LogP contribution in [0.1, 0.15) is 35.3 Å². The van der Waals surface area contributed by atoms with E-state index < -0.39 is 11.7 Å². The van der Waals surface area contributed by atoms with Crippen molar-refractivity contribution in [3.63, 3.8) is 0 Å². The topological polar surface area (TPSA) is 136 Å². The summed E-state index contributed by atoms with van der Waals surface area (Å²) in [5, 5.41) is 13.6. The van der Waals surface area contributed by atoms with Gasteiger partial charge in [-0.3, -0.25) is 9.48 Å². The second-order valence-corrected chi connectivity index (χ2v) is 7.75. The van der Waals surface area contributed by atoms with Gasteiger partial charge < -0.3 is 22.2 Å². The maximum atomic E-state index is 14.7. The Morgan fingerprint density at radius 1 is 1.24 bits per heavy atom. The summed E-state index contributed by atoms with van der Waals surface area (Å²) in [5.41, 5.74) is 6.84. The summed E-state index contributed by atoms with van der Waals surface area (Å²) in [7, 11) is 1.63. The van der Waals surface area contributed by atoms with Crippen molar-refractivity contribution in [2.45, 2.75) is 19.3 Å². The van der Waals surface area contributed by atoms with E-state index in [1.807, 2.05) is 0 Å². The van der Waals surface area contributed by atoms with E-state index in [9.17, 15) is 9.18 Å². The van der Waals surface area contributed by atoms with Crippen LogP contribution in [0.5, 0.6) is 0 Å². The molecule has 2 aromatic heterocycles. The highest BCUT2D eigenvalue weighted by atomic mass is 35.5. The van der Waals surface area contributed by atoms with Crippen molar-refractivity contribution in [2.24, 2.45) is 23.7 Å². The van der Waals surface area contributed by atoms with Crippen LogP contribution in [-0.2, 0) is 7.05 Å². The van der Waals surface area contributed by atoms with Crippen molar-refractivity contribution in [1.82, 2.24) is 20.1 Å². The van der Waals surface area contributed by atoms with Gasteiger partial charge in [-0.05, 0) is 50.2 Å². The predicted molar refractivity (Wildman–Crippen MR) is 127 cm³/mol. The Bertz CT molecular complexity index is 1130. The van der Waals surface area contributed by atoms with Crippen LogP contribution >= 0.6 is 11.6 Å². The molecule has 0 bridgehead atoms. The standard InChI is InChI=1S/C17H15ClFN7O.C5H11N/c1-26-14(15(20)25-21)11(8-23-26)10-5-4-9(7-13(10)19)17(27)24-16-12(18)3-2-6-22-16;1-2-4-6-5-3-1/h2-8H,21H2,1H3,(H2,20,25)(H,22,24,27);6H,1-5H2. The van der Waals surface area contributed by atoms with Crippen molar-refractivity contribution in [1.29, 1.82) is 0 Å². The SMILES string of the molecule is C1CCNCC1.Cn1ncc(-c2ccc(C(=O)Nc3ncccc3Cl)cc2F)c1/C(N)=N/N. The molecule has 6 N–H and O–H groups in total. The van der Waals surface area contributed by atoms with E-state index in [0.717, 1.165) is 6.07 Å². The molecule has 1 amide bonds. The summed E-state index contributed by atoms with van der Waals surface area (Å²) < 4.78 is 16.1. The Morgan fingerprint density at radius 2 is 2.00 bits per heavy atom. The van der Waals surface area contributed by atoms with E-state index in [4.69, 9.17) is 23.2 Å². The number of aryl methyl sites for hydroxylation is 1. The molecule has 0 unspecified atom stereocenters. The molecular formula is C22H26ClFN8O. The first-order valence-electron chi connectivity index (χ1n) is 10.4. The van der Waals surface area contributed by atoms with Crippen LogP contribution in [0.3, 0.4) is 0 Å². The normalized spacial score (nSPS) is 13.7. The van der Waals surface area contributed by atoms with Gasteiger partial charge in [-0.2, -0.15) is 10.2 Å². The monoisotopic (exact) mass is 472 g/mol. The fourth-order valence-electron chi connectivity index (χ4n) is 3.33. The number of benzene rings is 1. The number of pyridine rings is 1. The van der Waals surface area contributed by atoms with Gasteiger partial charge in [0.1, 0.15) is 11.5 Å². The van der Waals surface area contributed by atoms with Crippen LogP contribution in [0, 0.1) is 5.82 Å². The number of rotatable bonds is 4. The maximum Gasteiger partial charge on any atom is 0.256 e. The lowest BCUT2D eigenvalue weighted by atomic mass is 10.0. The number of hydrogen-bond donors (Lipinski definition) is 4. The molecule has 9 nitrogen and oxygen atoms in total. The Kier molecular flexibility index (Phi) is 8.34. The summed E-state index contributed by atoms with van der Waals surface area (Å²) in [6.45, 7) is 2.50. The van der Waals surface area contributed by atoms with Gasteiger partial charge in [0.25, 0.3) is 5.91 Å². The Balaban J connectivity index is 0.000000442. The lowest BCUT2D eigenvalue weighted by molar-refractivity contribution is 0.102. The largest absolute Gasteiger partial charge is 0.380 e. The van der Waals surface area contributed by atoms with Crippen molar-refractivity contribution in [3.05, 3.63) is 64.8 Å². The van der Waals surface area contributed by atoms with E-state index in [-0.39, 0.29) is 27.8 Å². The first-order chi connectivity index (χ1) is 15.9. The predicted octanol–water partition coefficient (Wildman–Crippen LogP) is 2.87. The molecule has 3 heterocycles. The van der Waals surface area contributed by atoms with Crippen LogP contribution in [-0.4, -0.2) is 39.6 Å². The Hall–Kier alpha value is -3.50. The molecule has 0 radical (unpaired) electrons. The third-order valence-corrected chi connectivity index (χ3v) is 5.34. The van der Waals surface area contributed by atoms with Gasteiger partial charge in [-0.15, -0.1) is 0 Å². The lowest BCUT2D eigenvalue weighted by Gasteiger charge is -2.09. The average Bonchev–Trinajstić information content (AvgIpc) is 3.22. The minimum absolute atomic E-state index is 0.0102. The molecule has 1 fully saturated rings. The molecule has 11 heteroatoms. The number of aromatic nitrogens is 3. The molecule has 0 aliphatic carbocycles. The van der Waals surface area contributed by atoms with E-state index >= 15 is 0 Å². The number of amides is 1. The molecule has 4 rings (SSSR count). The number of nitrogens with two attached hydrogens (primary N) is 2. The molecule has 0 atom stereocenters. The molecule has 174 valence electrons. The smallest absolute Gasteiger partial charge is 0.256 e. The third-order valence-electron chi connectivity index (χ3n) is 5.04. The first kappa shape index (κ1) is 24.1. The van der Waals surface area contributed by atoms with Gasteiger partial charge >= 0.3 is 0 Å². The molecule has 1 aromatic carbocycles. The maximum absolute atomic E-state index is 14.7. The quantitative estimate of drug-likeness (QED) is 0.199. The fourth-order valence-corrected chi connectivity index (χ4v) is 3.50. The molecule has 33 heavy (non-hydrogen) atoms. The molecule has 1 aliphatic rings. The number of piperidine rings is 1. The number of halogens is 2. The highest BCUT2D eigenvalue weighted by Gasteiger charge is 2.19. The second kappa shape index (κ2) is 11.4. The van der Waals surface area contributed by atoms with Crippen LogP contribution in [0.2, 0.25) is 5.02 Å². The van der Waals surface area contributed by atoms with Gasteiger partial charge in [0.2, 0.25) is 0 Å². The summed E-state index contributed by atoms with van der Waals surface area (Å²) in [6.07, 6.45) is 7.14. The van der Waals surface area contributed by atoms with Crippen molar-refractivity contribution in [3.8, 4) is 11.1 Å². The number of carbonyl (C=O) groups excluding carboxylic acids is 1. The van der Waals surface area contributed by atoms with Crippen LogP contribution in [0.15, 0.2) is 47.8 Å². The van der Waals surface area contributed by atoms with Crippen molar-refractivity contribution in [2.75, 3.05) is 18.4 Å². The van der Waals surface area contributed by atoms with E-state index in [2.05, 4.69) is 25.8 Å². The second-order valence-electron chi connectivity index (χ2n) is 7.34. The lowest BCUT2D eigenvalue weighted by Crippen LogP contribution is -2.21. The van der Waals surface area contributed by atoms with E-state index in [1.165, 1.54) is 61.6 Å². The molecule has 3 aromatic rings. The van der Waals surface area contributed by atoms with Gasteiger partial charge in [0, 0.05) is 29.9 Å². The fraction of sp³-hybridized carbons (Fsp3) is 0.273. The van der Waals surface area contributed by atoms with Crippen molar-refractivity contribution < 1.29 is 9.18 Å². The summed E-state index contributed by atoms with van der Waals surface area (Å²) >= 11 is 5.96. The number of hydrazone groups is 1. The molecular weight excluding hydrogens is 447 g/mol. The highest BCUT2D eigenvalue weighted by molar-refractivity contribution is 6.33. The summed E-state index contributed by atoms with van der Waals surface area (Å²) in [4.78, 5) is 16.3. The number of nitrogens with zero attached hydrogens (tertiary/aromatic N) is 4. The molecule has 0 spiro atoms. The van der Waals surface area contributed by atoms with Crippen LogP contribution in [0.25, 0.3) is 11.1 Å². The average molecular weight is 473 g/mol. The third kappa shape index (κ3) is 6.05. The van der Waals surface area contributed by atoms with Gasteiger partial charge in [0.05, 0.1) is 11.2 Å². The zero-order chi connectivity index (χ0) is 23.8. The van der Waals surface area contributed by atoms with E-state index in [0.29, 0.717) is 11.3 Å². The van der Waals surface area contributed by atoms with Crippen molar-refractivity contribution >= 4 is 29.2 Å². The van der Waals surface area contributed by atoms with Gasteiger partial charge in [-0.1, -0.05) is 24.1 Å². The first-order valence-corrected chi connectivity index (χ1v) is 10.8. The Morgan fingerprint density at radius 3 is 2.58 bits per heavy atom. The zero-order valence-corrected chi connectivity index (χ0v) is 18.9. The molecule has 0 saturated carbocycles. The summed E-state index contributed by atoms with van der Waals surface area (Å²) in [5.74, 6) is 4.25. The number of carbonyl (C=O) groups is 1. The van der Waals surface area contributed by atoms with Gasteiger partial charge in [0.15, 0.2) is 11.7 Å². The highest BCUT2D eigenvalue weighted by Crippen LogP contribution is 2.27. The minimum atomic E-state index is -0.631. The van der Waals surface area contributed by atoms with Crippen LogP contribution < -0.4 is 22.2 Å². The molecule has 1 saturated heterocycles. The minimum Gasteiger partial charge on any atom is -0.380 e. The van der Waals surface area contributed by atoms with E-state index in [1.54, 1.807) is 19.2 Å².